The van der Waals surface area contributed by atoms with Crippen LogP contribution in [0.15, 0.2) is 12.4 Å². The van der Waals surface area contributed by atoms with Gasteiger partial charge in [0, 0.05) is 6.42 Å². The lowest BCUT2D eigenvalue weighted by Gasteiger charge is -1.95. The van der Waals surface area contributed by atoms with E-state index in [0.29, 0.717) is 0 Å². The van der Waals surface area contributed by atoms with Gasteiger partial charge >= 0.3 is 7.25 Å². The molecule has 0 saturated heterocycles. The van der Waals surface area contributed by atoms with Gasteiger partial charge in [0.15, 0.2) is 0 Å². The number of H-pyrrole nitrogens is 1. The molecule has 0 aromatic carbocycles. The van der Waals surface area contributed by atoms with Crippen LogP contribution >= 0.6 is 0 Å². The Labute approximate surface area is 99.1 Å². The van der Waals surface area contributed by atoms with Gasteiger partial charge < -0.3 is 17.3 Å². The molecule has 0 saturated carbocycles. The third kappa shape index (κ3) is 11.3. The van der Waals surface area contributed by atoms with E-state index in [4.69, 9.17) is 0 Å². The fourth-order valence-corrected chi connectivity index (χ4v) is 1.40. The first-order valence-corrected chi connectivity index (χ1v) is 5.73. The average molecular weight is 254 g/mol. The van der Waals surface area contributed by atoms with Crippen molar-refractivity contribution in [1.29, 1.82) is 0 Å². The minimum absolute atomic E-state index is 1.18. The van der Waals surface area contributed by atoms with Gasteiger partial charge in [-0.25, -0.2) is 9.55 Å². The molecule has 0 fully saturated rings. The zero-order valence-electron chi connectivity index (χ0n) is 10.2. The number of halogens is 4. The molecule has 0 unspecified atom stereocenters. The number of rotatable bonds is 5. The van der Waals surface area contributed by atoms with Crippen LogP contribution in [0.4, 0.5) is 17.3 Å². The van der Waals surface area contributed by atoms with Gasteiger partial charge in [-0.2, -0.15) is 0 Å². The number of hydrogen-bond donors (Lipinski definition) is 1. The molecule has 17 heavy (non-hydrogen) atoms. The molecule has 0 radical (unpaired) electrons. The summed E-state index contributed by atoms with van der Waals surface area (Å²) >= 11 is 0. The molecule has 0 spiro atoms. The summed E-state index contributed by atoms with van der Waals surface area (Å²) in [6, 6.07) is 0. The summed E-state index contributed by atoms with van der Waals surface area (Å²) in [7, 11) is -3.91. The molecule has 0 bridgehead atoms. The van der Waals surface area contributed by atoms with E-state index in [1.54, 1.807) is 0 Å². The highest BCUT2D eigenvalue weighted by molar-refractivity contribution is 6.50. The quantitative estimate of drug-likeness (QED) is 0.360. The number of imidazole rings is 1. The van der Waals surface area contributed by atoms with E-state index in [0.717, 1.165) is 0 Å². The molecular formula is C10H19BF4N2. The molecule has 0 amide bonds. The summed E-state index contributed by atoms with van der Waals surface area (Å²) in [6.45, 7) is 2.24. The predicted octanol–water partition coefficient (Wildman–Crippen LogP) is 3.26. The standard InChI is InChI=1S/C10H18N2.BF4/c1-3-4-5-6-7-10-11-8-9-12(10)2;2-1(3,4)5/h8-9H,3-7H2,1-2H3;/q;-1/p+1. The van der Waals surface area contributed by atoms with Crippen LogP contribution in [0.5, 0.6) is 0 Å². The van der Waals surface area contributed by atoms with E-state index < -0.39 is 7.25 Å². The summed E-state index contributed by atoms with van der Waals surface area (Å²) in [5.41, 5.74) is 0. The summed E-state index contributed by atoms with van der Waals surface area (Å²) in [5, 5.41) is 0. The maximum absolute atomic E-state index is 9.75. The van der Waals surface area contributed by atoms with Crippen molar-refractivity contribution in [2.45, 2.75) is 39.0 Å². The molecule has 100 valence electrons. The molecule has 0 atom stereocenters. The van der Waals surface area contributed by atoms with Gasteiger partial charge in [0.05, 0.1) is 7.05 Å². The van der Waals surface area contributed by atoms with Gasteiger partial charge in [-0.3, -0.25) is 0 Å². The Kier molecular flexibility index (Phi) is 7.66. The maximum atomic E-state index is 9.75. The molecule has 0 aliphatic carbocycles. The van der Waals surface area contributed by atoms with Crippen molar-refractivity contribution in [3.8, 4) is 0 Å². The summed E-state index contributed by atoms with van der Waals surface area (Å²) < 4.78 is 41.2. The van der Waals surface area contributed by atoms with Gasteiger partial charge in [0.1, 0.15) is 12.4 Å². The molecule has 1 aromatic heterocycles. The third-order valence-electron chi connectivity index (χ3n) is 2.24. The van der Waals surface area contributed by atoms with E-state index in [-0.39, 0.29) is 0 Å². The molecule has 1 rings (SSSR count). The average Bonchev–Trinajstić information content (AvgIpc) is 2.57. The van der Waals surface area contributed by atoms with Gasteiger partial charge in [-0.05, 0) is 6.42 Å². The summed E-state index contributed by atoms with van der Waals surface area (Å²) in [4.78, 5) is 3.25. The molecule has 1 aromatic rings. The van der Waals surface area contributed by atoms with Crippen LogP contribution in [0.1, 0.15) is 38.4 Å². The first kappa shape index (κ1) is 16.0. The van der Waals surface area contributed by atoms with Gasteiger partial charge in [-0.15, -0.1) is 0 Å². The molecule has 0 aliphatic heterocycles. The lowest BCUT2D eigenvalue weighted by Crippen LogP contribution is -2.30. The van der Waals surface area contributed by atoms with Crippen LogP contribution in [0.3, 0.4) is 0 Å². The number of aromatic nitrogens is 2. The van der Waals surface area contributed by atoms with Gasteiger partial charge in [0.2, 0.25) is 0 Å². The first-order chi connectivity index (χ1) is 7.84. The first-order valence-electron chi connectivity index (χ1n) is 5.73. The van der Waals surface area contributed by atoms with Crippen molar-refractivity contribution in [2.24, 2.45) is 7.05 Å². The van der Waals surface area contributed by atoms with E-state index in [1.807, 2.05) is 6.20 Å². The summed E-state index contributed by atoms with van der Waals surface area (Å²) in [5.74, 6) is 1.34. The van der Waals surface area contributed by atoms with Crippen LogP contribution in [0, 0.1) is 0 Å². The largest absolute Gasteiger partial charge is 0.673 e. The second-order valence-electron chi connectivity index (χ2n) is 3.82. The highest BCUT2D eigenvalue weighted by Crippen LogP contribution is 2.06. The second-order valence-corrected chi connectivity index (χ2v) is 3.82. The number of nitrogens with one attached hydrogen (secondary N) is 1. The monoisotopic (exact) mass is 254 g/mol. The molecule has 2 nitrogen and oxygen atoms in total. The molecule has 1 N–H and O–H groups in total. The van der Waals surface area contributed by atoms with E-state index >= 15 is 0 Å². The van der Waals surface area contributed by atoms with Crippen LogP contribution in [0.25, 0.3) is 0 Å². The van der Waals surface area contributed by atoms with Crippen LogP contribution in [-0.2, 0) is 13.5 Å². The second kappa shape index (κ2) is 8.14. The Balaban J connectivity index is 0.000000437. The van der Waals surface area contributed by atoms with E-state index in [2.05, 4.69) is 29.7 Å². The Bertz CT molecular complexity index is 293. The number of aromatic amines is 1. The van der Waals surface area contributed by atoms with E-state index in [1.165, 1.54) is 37.9 Å². The molecule has 0 aliphatic rings. The van der Waals surface area contributed by atoms with Crippen molar-refractivity contribution < 1.29 is 21.8 Å². The molecule has 7 heteroatoms. The lowest BCUT2D eigenvalue weighted by molar-refractivity contribution is -0.677. The Morgan fingerprint density at radius 2 is 1.76 bits per heavy atom. The normalized spacial score (nSPS) is 10.9. The number of unbranched alkanes of at least 4 members (excludes halogenated alkanes) is 3. The zero-order chi connectivity index (χ0) is 13.3. The van der Waals surface area contributed by atoms with Crippen LogP contribution < -0.4 is 4.57 Å². The summed E-state index contributed by atoms with van der Waals surface area (Å²) in [6.07, 6.45) is 10.6. The fraction of sp³-hybridized carbons (Fsp3) is 0.700. The SMILES string of the molecule is CCCCCCc1[nH]cc[n+]1C.F[B-](F)(F)F. The highest BCUT2D eigenvalue weighted by atomic mass is 19.5. The predicted molar refractivity (Wildman–Crippen MR) is 60.0 cm³/mol. The number of aryl methyl sites for hydroxylation is 2. The minimum Gasteiger partial charge on any atom is -0.418 e. The van der Waals surface area contributed by atoms with Crippen molar-refractivity contribution in [1.82, 2.24) is 4.98 Å². The van der Waals surface area contributed by atoms with Crippen LogP contribution in [-0.4, -0.2) is 12.2 Å². The lowest BCUT2D eigenvalue weighted by atomic mass is 10.1. The van der Waals surface area contributed by atoms with Crippen molar-refractivity contribution >= 4 is 7.25 Å². The van der Waals surface area contributed by atoms with Crippen molar-refractivity contribution in [2.75, 3.05) is 0 Å². The van der Waals surface area contributed by atoms with Crippen molar-refractivity contribution in [3.63, 3.8) is 0 Å². The zero-order valence-corrected chi connectivity index (χ0v) is 10.2. The third-order valence-corrected chi connectivity index (χ3v) is 2.24. The minimum atomic E-state index is -6.00. The van der Waals surface area contributed by atoms with Crippen LogP contribution in [0.2, 0.25) is 0 Å². The number of hydrogen-bond acceptors (Lipinski definition) is 0. The topological polar surface area (TPSA) is 19.7 Å². The maximum Gasteiger partial charge on any atom is 0.673 e. The fourth-order valence-electron chi connectivity index (χ4n) is 1.40. The smallest absolute Gasteiger partial charge is 0.418 e. The Morgan fingerprint density at radius 3 is 2.18 bits per heavy atom. The number of nitrogens with zero attached hydrogens (tertiary/aromatic N) is 1. The van der Waals surface area contributed by atoms with Crippen molar-refractivity contribution in [3.05, 3.63) is 18.2 Å². The molecular weight excluding hydrogens is 235 g/mol. The highest BCUT2D eigenvalue weighted by Gasteiger charge is 2.20. The van der Waals surface area contributed by atoms with Gasteiger partial charge in [0.25, 0.3) is 5.82 Å². The Hall–Kier alpha value is -1.01. The van der Waals surface area contributed by atoms with E-state index in [9.17, 15) is 17.3 Å². The molecule has 1 heterocycles. The Morgan fingerprint density at radius 1 is 1.18 bits per heavy atom. The van der Waals surface area contributed by atoms with Gasteiger partial charge in [-0.1, -0.05) is 26.2 Å².